The summed E-state index contributed by atoms with van der Waals surface area (Å²) < 4.78 is 0. The maximum absolute atomic E-state index is 13.2. The molecule has 0 aliphatic carbocycles. The highest BCUT2D eigenvalue weighted by Gasteiger charge is 2.32. The summed E-state index contributed by atoms with van der Waals surface area (Å²) in [6.07, 6.45) is 5.99. The highest BCUT2D eigenvalue weighted by Crippen LogP contribution is 2.18. The fraction of sp³-hybridized carbons (Fsp3) is 0.739. The number of rotatable bonds is 11. The van der Waals surface area contributed by atoms with Crippen LogP contribution in [0, 0.1) is 11.8 Å². The van der Waals surface area contributed by atoms with Crippen LogP contribution in [0.5, 0.6) is 0 Å². The molecule has 4 atom stereocenters. The molecule has 8 heteroatoms. The number of piperidine rings is 1. The van der Waals surface area contributed by atoms with Crippen LogP contribution in [0.4, 0.5) is 0 Å². The number of nitrogens with one attached hydrogen (secondary N) is 2. The van der Waals surface area contributed by atoms with E-state index in [9.17, 15) is 14.4 Å². The van der Waals surface area contributed by atoms with Gasteiger partial charge in [0.05, 0.1) is 11.0 Å². The molecule has 1 saturated heterocycles. The molecule has 0 aromatic carbocycles. The molecular formula is C23H38N4O3S. The van der Waals surface area contributed by atoms with Crippen molar-refractivity contribution in [3.05, 3.63) is 16.1 Å². The van der Waals surface area contributed by atoms with Crippen molar-refractivity contribution in [1.29, 1.82) is 0 Å². The van der Waals surface area contributed by atoms with Crippen LogP contribution in [0.25, 0.3) is 0 Å². The Bertz CT molecular complexity index is 736. The first-order valence-electron chi connectivity index (χ1n) is 11.5. The predicted octanol–water partition coefficient (Wildman–Crippen LogP) is 3.04. The van der Waals surface area contributed by atoms with Crippen LogP contribution < -0.4 is 10.6 Å². The summed E-state index contributed by atoms with van der Waals surface area (Å²) in [4.78, 5) is 43.4. The third kappa shape index (κ3) is 7.38. The van der Waals surface area contributed by atoms with Crippen LogP contribution in [0.2, 0.25) is 0 Å². The molecule has 1 unspecified atom stereocenters. The number of hydrogen-bond donors (Lipinski definition) is 2. The van der Waals surface area contributed by atoms with Crippen molar-refractivity contribution in [2.45, 2.75) is 84.3 Å². The minimum Gasteiger partial charge on any atom is -0.351 e. The van der Waals surface area contributed by atoms with Crippen molar-refractivity contribution in [2.75, 3.05) is 13.6 Å². The first kappa shape index (κ1) is 25.5. The van der Waals surface area contributed by atoms with Crippen LogP contribution in [-0.4, -0.2) is 59.7 Å². The third-order valence-electron chi connectivity index (χ3n) is 6.36. The molecule has 0 saturated carbocycles. The van der Waals surface area contributed by atoms with E-state index in [1.165, 1.54) is 11.3 Å². The molecule has 1 fully saturated rings. The minimum absolute atomic E-state index is 0.0307. The van der Waals surface area contributed by atoms with Gasteiger partial charge in [-0.3, -0.25) is 19.3 Å². The van der Waals surface area contributed by atoms with E-state index in [1.54, 1.807) is 5.38 Å². The van der Waals surface area contributed by atoms with Gasteiger partial charge in [0, 0.05) is 17.8 Å². The van der Waals surface area contributed by atoms with Gasteiger partial charge < -0.3 is 10.6 Å². The molecule has 0 bridgehead atoms. The molecular weight excluding hydrogens is 412 g/mol. The smallest absolute Gasteiger partial charge is 0.243 e. The molecule has 2 heterocycles. The van der Waals surface area contributed by atoms with Crippen LogP contribution in [-0.2, 0) is 16.0 Å². The Labute approximate surface area is 190 Å². The van der Waals surface area contributed by atoms with E-state index in [2.05, 4.69) is 34.4 Å². The summed E-state index contributed by atoms with van der Waals surface area (Å²) in [6, 6.07) is -0.738. The second-order valence-corrected chi connectivity index (χ2v) is 9.99. The van der Waals surface area contributed by atoms with Crippen LogP contribution >= 0.6 is 11.3 Å². The van der Waals surface area contributed by atoms with Gasteiger partial charge in [0.1, 0.15) is 11.7 Å². The number of carbonyl (C=O) groups is 3. The van der Waals surface area contributed by atoms with Crippen LogP contribution in [0.1, 0.15) is 75.3 Å². The molecule has 2 amide bonds. The van der Waals surface area contributed by atoms with Crippen molar-refractivity contribution in [1.82, 2.24) is 20.5 Å². The van der Waals surface area contributed by atoms with E-state index in [4.69, 9.17) is 0 Å². The normalized spacial score (nSPS) is 20.1. The number of aromatic nitrogens is 1. The quantitative estimate of drug-likeness (QED) is 0.506. The summed E-state index contributed by atoms with van der Waals surface area (Å²) in [5.41, 5.74) is 0.456. The zero-order chi connectivity index (χ0) is 23.0. The van der Waals surface area contributed by atoms with E-state index in [-0.39, 0.29) is 35.7 Å². The third-order valence-corrected chi connectivity index (χ3v) is 7.28. The first-order valence-corrected chi connectivity index (χ1v) is 12.3. The Balaban J connectivity index is 2.02. The average Bonchev–Trinajstić information content (AvgIpc) is 3.22. The van der Waals surface area contributed by atoms with E-state index < -0.39 is 6.04 Å². The summed E-state index contributed by atoms with van der Waals surface area (Å²) in [6.45, 7) is 9.12. The van der Waals surface area contributed by atoms with Gasteiger partial charge in [-0.2, -0.15) is 0 Å². The standard InChI is InChI=1S/C23H38N4O3S/c1-6-16(4)21(26-22(29)19-9-7-8-12-27(19)5)23(30)25-18(15(2)3)10-11-20-24-17(13-28)14-31-20/h13-16,18-19,21H,6-12H2,1-5H3,(H,25,30)(H,26,29)/t16?,18-,19-,21+/m1/s1. The number of thiazole rings is 1. The average molecular weight is 451 g/mol. The molecule has 1 aromatic rings. The van der Waals surface area contributed by atoms with Gasteiger partial charge >= 0.3 is 0 Å². The number of aryl methyl sites for hydroxylation is 1. The van der Waals surface area contributed by atoms with Crippen molar-refractivity contribution in [3.8, 4) is 0 Å². The van der Waals surface area contributed by atoms with Gasteiger partial charge in [0.15, 0.2) is 6.29 Å². The zero-order valence-electron chi connectivity index (χ0n) is 19.5. The minimum atomic E-state index is -0.546. The van der Waals surface area contributed by atoms with Crippen LogP contribution in [0.3, 0.4) is 0 Å². The van der Waals surface area contributed by atoms with Gasteiger partial charge in [0.25, 0.3) is 0 Å². The monoisotopic (exact) mass is 450 g/mol. The summed E-state index contributed by atoms with van der Waals surface area (Å²) in [5, 5.41) is 8.89. The lowest BCUT2D eigenvalue weighted by Gasteiger charge is -2.34. The molecule has 1 aliphatic rings. The molecule has 0 radical (unpaired) electrons. The Morgan fingerprint density at radius 1 is 1.29 bits per heavy atom. The maximum atomic E-state index is 13.2. The van der Waals surface area contributed by atoms with Crippen molar-refractivity contribution < 1.29 is 14.4 Å². The number of carbonyl (C=O) groups excluding carboxylic acids is 3. The molecule has 174 valence electrons. The molecule has 2 N–H and O–H groups in total. The van der Waals surface area contributed by atoms with Crippen LogP contribution in [0.15, 0.2) is 5.38 Å². The van der Waals surface area contributed by atoms with Crippen molar-refractivity contribution >= 4 is 29.4 Å². The fourth-order valence-electron chi connectivity index (χ4n) is 3.98. The van der Waals surface area contributed by atoms with Gasteiger partial charge in [0.2, 0.25) is 11.8 Å². The number of hydrogen-bond acceptors (Lipinski definition) is 6. The number of aldehydes is 1. The highest BCUT2D eigenvalue weighted by molar-refractivity contribution is 7.09. The lowest BCUT2D eigenvalue weighted by atomic mass is 9.94. The SMILES string of the molecule is CCC(C)[C@H](NC(=O)[C@H]1CCCCN1C)C(=O)N[C@H](CCc1nc(C=O)cs1)C(C)C. The fourth-order valence-corrected chi connectivity index (χ4v) is 4.73. The zero-order valence-corrected chi connectivity index (χ0v) is 20.3. The molecule has 1 aromatic heterocycles. The summed E-state index contributed by atoms with van der Waals surface area (Å²) in [7, 11) is 1.98. The van der Waals surface area contributed by atoms with E-state index in [0.717, 1.165) is 49.9 Å². The Morgan fingerprint density at radius 2 is 2.03 bits per heavy atom. The van der Waals surface area contributed by atoms with Gasteiger partial charge in [-0.15, -0.1) is 11.3 Å². The van der Waals surface area contributed by atoms with Gasteiger partial charge in [-0.1, -0.05) is 40.5 Å². The largest absolute Gasteiger partial charge is 0.351 e. The Morgan fingerprint density at radius 3 is 2.61 bits per heavy atom. The highest BCUT2D eigenvalue weighted by atomic mass is 32.1. The second kappa shape index (κ2) is 12.3. The van der Waals surface area contributed by atoms with Crippen molar-refractivity contribution in [2.24, 2.45) is 11.8 Å². The van der Waals surface area contributed by atoms with E-state index in [0.29, 0.717) is 12.1 Å². The first-order chi connectivity index (χ1) is 14.8. The number of nitrogens with zero attached hydrogens (tertiary/aromatic N) is 2. The van der Waals surface area contributed by atoms with E-state index in [1.807, 2.05) is 20.9 Å². The molecule has 7 nitrogen and oxygen atoms in total. The topological polar surface area (TPSA) is 91.4 Å². The van der Waals surface area contributed by atoms with E-state index >= 15 is 0 Å². The molecule has 0 spiro atoms. The van der Waals surface area contributed by atoms with Gasteiger partial charge in [-0.05, 0) is 44.7 Å². The van der Waals surface area contributed by atoms with Gasteiger partial charge in [-0.25, -0.2) is 4.98 Å². The lowest BCUT2D eigenvalue weighted by Crippen LogP contribution is -2.57. The Hall–Kier alpha value is -1.80. The lowest BCUT2D eigenvalue weighted by molar-refractivity contribution is -0.134. The molecule has 31 heavy (non-hydrogen) atoms. The summed E-state index contributed by atoms with van der Waals surface area (Å²) >= 11 is 1.47. The molecule has 1 aliphatic heterocycles. The second-order valence-electron chi connectivity index (χ2n) is 9.05. The number of likely N-dealkylation sites (N-methyl/N-ethyl adjacent to an activating group) is 1. The Kier molecular flexibility index (Phi) is 10.1. The van der Waals surface area contributed by atoms with Crippen molar-refractivity contribution in [3.63, 3.8) is 0 Å². The summed E-state index contributed by atoms with van der Waals surface area (Å²) in [5.74, 6) is 0.118. The predicted molar refractivity (Wildman–Crippen MR) is 124 cm³/mol. The number of likely N-dealkylation sites (tertiary alicyclic amines) is 1. The maximum Gasteiger partial charge on any atom is 0.243 e. The molecule has 2 rings (SSSR count). The number of amides is 2.